The van der Waals surface area contributed by atoms with Crippen LogP contribution < -0.4 is 20.7 Å². The Bertz CT molecular complexity index is 1430. The van der Waals surface area contributed by atoms with E-state index in [1.54, 1.807) is 7.11 Å². The summed E-state index contributed by atoms with van der Waals surface area (Å²) in [6.07, 6.45) is 0. The number of aryl methyl sites for hydroxylation is 1. The number of hydrogen-bond donors (Lipinski definition) is 0. The van der Waals surface area contributed by atoms with Gasteiger partial charge in [-0.25, -0.2) is 0 Å². The Labute approximate surface area is 215 Å². The minimum atomic E-state index is -0.739. The van der Waals surface area contributed by atoms with Crippen LogP contribution in [-0.4, -0.2) is 7.11 Å². The van der Waals surface area contributed by atoms with E-state index in [0.717, 1.165) is 22.4 Å². The molecule has 0 heterocycles. The van der Waals surface area contributed by atoms with Crippen LogP contribution in [0.5, 0.6) is 5.75 Å². The summed E-state index contributed by atoms with van der Waals surface area (Å²) in [5, 5.41) is 4.03. The van der Waals surface area contributed by atoms with Crippen molar-refractivity contribution in [3.63, 3.8) is 0 Å². The maximum atomic E-state index is 5.36. The van der Waals surface area contributed by atoms with Crippen molar-refractivity contribution >= 4 is 29.4 Å². The van der Waals surface area contributed by atoms with E-state index in [-0.39, 0.29) is 0 Å². The predicted octanol–water partition coefficient (Wildman–Crippen LogP) is 7.49. The third-order valence-electron chi connectivity index (χ3n) is 6.40. The molecular formula is C34H29OP. The Morgan fingerprint density at radius 2 is 1.22 bits per heavy atom. The molecule has 0 aliphatic rings. The molecule has 0 aliphatic carbocycles. The topological polar surface area (TPSA) is 9.23 Å². The van der Waals surface area contributed by atoms with E-state index in [4.69, 9.17) is 4.74 Å². The molecule has 0 N–H and O–H groups in total. The van der Waals surface area contributed by atoms with Crippen LogP contribution in [0.1, 0.15) is 16.7 Å². The second-order valence-corrected chi connectivity index (χ2v) is 11.0. The third kappa shape index (κ3) is 4.89. The maximum Gasteiger partial charge on any atom is 0.118 e. The van der Waals surface area contributed by atoms with Gasteiger partial charge in [0.2, 0.25) is 0 Å². The van der Waals surface area contributed by atoms with Crippen molar-refractivity contribution < 1.29 is 4.74 Å². The number of benzene rings is 5. The molecule has 0 aromatic heterocycles. The SMILES string of the molecule is C=C(c1ccc(OC)cc1)c1ccc(C)cc1-c1ccccc1P(c1ccccc1)c1ccccc1. The van der Waals surface area contributed by atoms with Crippen LogP contribution in [0.15, 0.2) is 134 Å². The first-order valence-electron chi connectivity index (χ1n) is 12.1. The summed E-state index contributed by atoms with van der Waals surface area (Å²) in [5.41, 5.74) is 6.94. The van der Waals surface area contributed by atoms with E-state index >= 15 is 0 Å². The predicted molar refractivity (Wildman–Crippen MR) is 156 cm³/mol. The molecule has 2 heteroatoms. The third-order valence-corrected chi connectivity index (χ3v) is 8.90. The van der Waals surface area contributed by atoms with E-state index in [0.29, 0.717) is 0 Å². The van der Waals surface area contributed by atoms with Gasteiger partial charge < -0.3 is 4.74 Å². The van der Waals surface area contributed by atoms with Crippen LogP contribution in [-0.2, 0) is 0 Å². The first-order chi connectivity index (χ1) is 17.7. The van der Waals surface area contributed by atoms with Crippen molar-refractivity contribution in [2.24, 2.45) is 0 Å². The summed E-state index contributed by atoms with van der Waals surface area (Å²) in [4.78, 5) is 0. The molecule has 0 atom stereocenters. The smallest absolute Gasteiger partial charge is 0.118 e. The van der Waals surface area contributed by atoms with Crippen LogP contribution in [0.4, 0.5) is 0 Å². The van der Waals surface area contributed by atoms with Gasteiger partial charge in [0.1, 0.15) is 5.75 Å². The molecule has 176 valence electrons. The van der Waals surface area contributed by atoms with E-state index in [2.05, 4.69) is 129 Å². The van der Waals surface area contributed by atoms with Crippen molar-refractivity contribution in [3.8, 4) is 16.9 Å². The van der Waals surface area contributed by atoms with Crippen LogP contribution in [0, 0.1) is 6.92 Å². The van der Waals surface area contributed by atoms with E-state index in [9.17, 15) is 0 Å². The lowest BCUT2D eigenvalue weighted by molar-refractivity contribution is 0.415. The fraction of sp³-hybridized carbons (Fsp3) is 0.0588. The highest BCUT2D eigenvalue weighted by molar-refractivity contribution is 7.80. The molecule has 0 amide bonds. The molecule has 0 aliphatic heterocycles. The molecule has 0 unspecified atom stereocenters. The van der Waals surface area contributed by atoms with Gasteiger partial charge in [0.05, 0.1) is 7.11 Å². The summed E-state index contributed by atoms with van der Waals surface area (Å²) >= 11 is 0. The second kappa shape index (κ2) is 10.8. The number of methoxy groups -OCH3 is 1. The molecule has 0 spiro atoms. The average Bonchev–Trinajstić information content (AvgIpc) is 2.94. The molecule has 0 fully saturated rings. The van der Waals surface area contributed by atoms with Crippen LogP contribution in [0.3, 0.4) is 0 Å². The maximum absolute atomic E-state index is 5.36. The van der Waals surface area contributed by atoms with Gasteiger partial charge in [-0.3, -0.25) is 0 Å². The van der Waals surface area contributed by atoms with E-state index in [1.807, 2.05) is 12.1 Å². The van der Waals surface area contributed by atoms with Crippen molar-refractivity contribution in [1.29, 1.82) is 0 Å². The Kier molecular flexibility index (Phi) is 7.12. The summed E-state index contributed by atoms with van der Waals surface area (Å²) in [6.45, 7) is 6.68. The van der Waals surface area contributed by atoms with Gasteiger partial charge in [-0.15, -0.1) is 0 Å². The van der Waals surface area contributed by atoms with Gasteiger partial charge in [-0.2, -0.15) is 0 Å². The minimum absolute atomic E-state index is 0.739. The van der Waals surface area contributed by atoms with Crippen molar-refractivity contribution in [1.82, 2.24) is 0 Å². The molecule has 5 aromatic rings. The fourth-order valence-corrected chi connectivity index (χ4v) is 7.04. The molecule has 0 saturated heterocycles. The lowest BCUT2D eigenvalue weighted by Gasteiger charge is -2.24. The molecule has 0 radical (unpaired) electrons. The average molecular weight is 485 g/mol. The van der Waals surface area contributed by atoms with Crippen LogP contribution >= 0.6 is 7.92 Å². The second-order valence-electron chi connectivity index (χ2n) is 8.78. The molecule has 5 aromatic carbocycles. The van der Waals surface area contributed by atoms with Gasteiger partial charge >= 0.3 is 0 Å². The quantitative estimate of drug-likeness (QED) is 0.218. The van der Waals surface area contributed by atoms with Gasteiger partial charge in [0.15, 0.2) is 0 Å². The number of rotatable bonds is 7. The monoisotopic (exact) mass is 484 g/mol. The highest BCUT2D eigenvalue weighted by Gasteiger charge is 2.21. The molecule has 0 saturated carbocycles. The summed E-state index contributed by atoms with van der Waals surface area (Å²) in [5.74, 6) is 0.845. The zero-order valence-electron chi connectivity index (χ0n) is 20.7. The van der Waals surface area contributed by atoms with Crippen molar-refractivity contribution in [2.75, 3.05) is 7.11 Å². The fourth-order valence-electron chi connectivity index (χ4n) is 4.57. The van der Waals surface area contributed by atoms with Crippen molar-refractivity contribution in [3.05, 3.63) is 151 Å². The lowest BCUT2D eigenvalue weighted by Crippen LogP contribution is -2.22. The first-order valence-corrected chi connectivity index (χ1v) is 13.4. The zero-order chi connectivity index (χ0) is 24.9. The highest BCUT2D eigenvalue weighted by atomic mass is 31.1. The van der Waals surface area contributed by atoms with Gasteiger partial charge in [-0.1, -0.05) is 127 Å². The summed E-state index contributed by atoms with van der Waals surface area (Å²) < 4.78 is 5.36. The van der Waals surface area contributed by atoms with Crippen LogP contribution in [0.25, 0.3) is 16.7 Å². The van der Waals surface area contributed by atoms with Gasteiger partial charge in [0, 0.05) is 0 Å². The minimum Gasteiger partial charge on any atom is -0.497 e. The largest absolute Gasteiger partial charge is 0.497 e. The van der Waals surface area contributed by atoms with Gasteiger partial charge in [0.25, 0.3) is 0 Å². The Balaban J connectivity index is 1.69. The van der Waals surface area contributed by atoms with E-state index < -0.39 is 7.92 Å². The molecule has 0 bridgehead atoms. The van der Waals surface area contributed by atoms with E-state index in [1.165, 1.54) is 32.6 Å². The number of hydrogen-bond acceptors (Lipinski definition) is 1. The number of ether oxygens (including phenoxy) is 1. The molecule has 5 rings (SSSR count). The summed E-state index contributed by atoms with van der Waals surface area (Å²) in [6, 6.07) is 45.4. The normalized spacial score (nSPS) is 10.9. The molecule has 36 heavy (non-hydrogen) atoms. The first kappa shape index (κ1) is 23.8. The molecular weight excluding hydrogens is 455 g/mol. The molecule has 1 nitrogen and oxygen atoms in total. The summed E-state index contributed by atoms with van der Waals surface area (Å²) in [7, 11) is 0.952. The zero-order valence-corrected chi connectivity index (χ0v) is 21.6. The van der Waals surface area contributed by atoms with Gasteiger partial charge in [-0.05, 0) is 70.7 Å². The van der Waals surface area contributed by atoms with Crippen LogP contribution in [0.2, 0.25) is 0 Å². The Hall–Kier alpha value is -3.93. The van der Waals surface area contributed by atoms with Crippen molar-refractivity contribution in [2.45, 2.75) is 6.92 Å². The lowest BCUT2D eigenvalue weighted by atomic mass is 9.90. The highest BCUT2D eigenvalue weighted by Crippen LogP contribution is 2.40. The Morgan fingerprint density at radius 3 is 1.83 bits per heavy atom. The Morgan fingerprint density at radius 1 is 0.639 bits per heavy atom. The standard InChI is InChI=1S/C34H29OP/c1-25-18-23-31(26(2)27-19-21-28(35-3)22-20-27)33(24-25)32-16-10-11-17-34(32)36(29-12-6-4-7-13-29)30-14-8-5-9-15-30/h4-24H,2H2,1,3H3.